The van der Waals surface area contributed by atoms with Crippen molar-refractivity contribution in [1.29, 1.82) is 0 Å². The monoisotopic (exact) mass is 311 g/mol. The Morgan fingerprint density at radius 3 is 2.28 bits per heavy atom. The highest BCUT2D eigenvalue weighted by Crippen LogP contribution is 2.22. The van der Waals surface area contributed by atoms with Crippen molar-refractivity contribution in [2.24, 2.45) is 4.99 Å². The number of benzene rings is 1. The largest absolute Gasteiger partial charge is 0.303 e. The average Bonchev–Trinajstić information content (AvgIpc) is 2.30. The molecule has 0 aliphatic heterocycles. The number of hydrogen-bond acceptors (Lipinski definition) is 2. The van der Waals surface area contributed by atoms with Crippen LogP contribution in [0.1, 0.15) is 30.0 Å². The molecule has 0 saturated carbocycles. The van der Waals surface area contributed by atoms with Gasteiger partial charge in [-0.1, -0.05) is 22.9 Å². The molecule has 0 fully saturated rings. The molecule has 0 spiro atoms. The van der Waals surface area contributed by atoms with E-state index in [4.69, 9.17) is 0 Å². The zero-order valence-corrected chi connectivity index (χ0v) is 13.4. The van der Waals surface area contributed by atoms with Crippen LogP contribution in [-0.4, -0.2) is 31.5 Å². The quantitative estimate of drug-likeness (QED) is 0.525. The van der Waals surface area contributed by atoms with Crippen molar-refractivity contribution in [1.82, 2.24) is 10.4 Å². The molecule has 0 amide bonds. The second kappa shape index (κ2) is 6.90. The van der Waals surface area contributed by atoms with Gasteiger partial charge in [0.05, 0.1) is 0 Å². The van der Waals surface area contributed by atoms with Crippen LogP contribution in [-0.2, 0) is 0 Å². The van der Waals surface area contributed by atoms with E-state index >= 15 is 0 Å². The minimum atomic E-state index is 0.838. The van der Waals surface area contributed by atoms with Gasteiger partial charge in [0.1, 0.15) is 5.84 Å². The van der Waals surface area contributed by atoms with E-state index in [1.54, 1.807) is 0 Å². The molecule has 1 aromatic rings. The van der Waals surface area contributed by atoms with Gasteiger partial charge >= 0.3 is 0 Å². The molecule has 3 nitrogen and oxygen atoms in total. The number of nitrogens with zero attached hydrogens (tertiary/aromatic N) is 2. The zero-order valence-electron chi connectivity index (χ0n) is 11.8. The topological polar surface area (TPSA) is 27.6 Å². The Hall–Kier alpha value is -0.870. The van der Waals surface area contributed by atoms with Crippen molar-refractivity contribution in [3.05, 3.63) is 33.3 Å². The number of rotatable bonds is 4. The number of aryl methyl sites for hydroxylation is 2. The van der Waals surface area contributed by atoms with E-state index in [0.29, 0.717) is 0 Å². The molecule has 0 bridgehead atoms. The molecule has 100 valence electrons. The Morgan fingerprint density at radius 2 is 1.83 bits per heavy atom. The molecule has 4 heteroatoms. The fourth-order valence-electron chi connectivity index (χ4n) is 1.71. The molecule has 18 heavy (non-hydrogen) atoms. The van der Waals surface area contributed by atoms with Crippen molar-refractivity contribution in [2.45, 2.75) is 27.2 Å². The molecule has 1 N–H and O–H groups in total. The molecule has 0 unspecified atom stereocenters. The number of halogens is 1. The number of hydrogen-bond donors (Lipinski definition) is 1. The van der Waals surface area contributed by atoms with Crippen LogP contribution in [0, 0.1) is 13.8 Å². The first-order valence-corrected chi connectivity index (χ1v) is 7.00. The van der Waals surface area contributed by atoms with Crippen molar-refractivity contribution < 1.29 is 0 Å². The Kier molecular flexibility index (Phi) is 5.82. The third-order valence-electron chi connectivity index (χ3n) is 2.53. The van der Waals surface area contributed by atoms with Gasteiger partial charge in [0.15, 0.2) is 0 Å². The lowest BCUT2D eigenvalue weighted by Gasteiger charge is -2.17. The summed E-state index contributed by atoms with van der Waals surface area (Å²) in [5.74, 6) is 0.931. The number of hydrazine groups is 1. The first-order valence-electron chi connectivity index (χ1n) is 6.21. The smallest absolute Gasteiger partial charge is 0.142 e. The molecule has 0 saturated heterocycles. The van der Waals surface area contributed by atoms with Crippen LogP contribution < -0.4 is 5.43 Å². The van der Waals surface area contributed by atoms with Crippen molar-refractivity contribution >= 4 is 21.8 Å². The summed E-state index contributed by atoms with van der Waals surface area (Å²) in [7, 11) is 3.94. The van der Waals surface area contributed by atoms with Crippen molar-refractivity contribution in [3.8, 4) is 0 Å². The lowest BCUT2D eigenvalue weighted by atomic mass is 10.1. The van der Waals surface area contributed by atoms with Crippen LogP contribution in [0.15, 0.2) is 21.6 Å². The highest BCUT2D eigenvalue weighted by molar-refractivity contribution is 9.10. The van der Waals surface area contributed by atoms with Gasteiger partial charge in [0.25, 0.3) is 0 Å². The molecule has 0 radical (unpaired) electrons. The first kappa shape index (κ1) is 15.2. The van der Waals surface area contributed by atoms with E-state index < -0.39 is 0 Å². The van der Waals surface area contributed by atoms with Gasteiger partial charge in [-0.05, 0) is 43.5 Å². The normalized spacial score (nSPS) is 12.1. The summed E-state index contributed by atoms with van der Waals surface area (Å²) in [6.07, 6.45) is 1.05. The van der Waals surface area contributed by atoms with Gasteiger partial charge < -0.3 is 5.43 Å². The second-order valence-electron chi connectivity index (χ2n) is 4.66. The first-order chi connectivity index (χ1) is 8.45. The van der Waals surface area contributed by atoms with Gasteiger partial charge in [-0.15, -0.1) is 0 Å². The van der Waals surface area contributed by atoms with Crippen LogP contribution in [0.2, 0.25) is 0 Å². The maximum Gasteiger partial charge on any atom is 0.142 e. The molecule has 0 aliphatic carbocycles. The second-order valence-corrected chi connectivity index (χ2v) is 5.45. The van der Waals surface area contributed by atoms with Crippen LogP contribution in [0.4, 0.5) is 0 Å². The fraction of sp³-hybridized carbons (Fsp3) is 0.500. The molecule has 0 aromatic heterocycles. The molecule has 0 atom stereocenters. The lowest BCUT2D eigenvalue weighted by molar-refractivity contribution is 0.362. The van der Waals surface area contributed by atoms with Crippen molar-refractivity contribution in [2.75, 3.05) is 20.6 Å². The maximum atomic E-state index is 4.61. The van der Waals surface area contributed by atoms with Gasteiger partial charge in [-0.25, -0.2) is 5.01 Å². The van der Waals surface area contributed by atoms with Gasteiger partial charge in [0, 0.05) is 30.7 Å². The summed E-state index contributed by atoms with van der Waals surface area (Å²) in [5.41, 5.74) is 6.87. The van der Waals surface area contributed by atoms with Crippen molar-refractivity contribution in [3.63, 3.8) is 0 Å². The number of aliphatic imine (C=N–C) groups is 1. The number of nitrogens with one attached hydrogen (secondary N) is 1. The van der Waals surface area contributed by atoms with E-state index in [0.717, 1.165) is 24.4 Å². The summed E-state index contributed by atoms with van der Waals surface area (Å²) in [6.45, 7) is 7.18. The van der Waals surface area contributed by atoms with E-state index in [2.05, 4.69) is 59.3 Å². The van der Waals surface area contributed by atoms with Gasteiger partial charge in [-0.2, -0.15) is 0 Å². The summed E-state index contributed by atoms with van der Waals surface area (Å²) in [5, 5.41) is 1.92. The molecule has 1 rings (SSSR count). The van der Waals surface area contributed by atoms with Gasteiger partial charge in [-0.3, -0.25) is 4.99 Å². The van der Waals surface area contributed by atoms with Crippen LogP contribution in [0.25, 0.3) is 0 Å². The van der Waals surface area contributed by atoms with Crippen LogP contribution in [0.3, 0.4) is 0 Å². The Bertz CT molecular complexity index is 416. The Morgan fingerprint density at radius 1 is 1.28 bits per heavy atom. The lowest BCUT2D eigenvalue weighted by Crippen LogP contribution is -2.37. The molecule has 0 aliphatic rings. The molecule has 1 aromatic carbocycles. The van der Waals surface area contributed by atoms with Gasteiger partial charge in [0.2, 0.25) is 0 Å². The third kappa shape index (κ3) is 4.10. The summed E-state index contributed by atoms with van der Waals surface area (Å²) < 4.78 is 1.17. The van der Waals surface area contributed by atoms with Crippen LogP contribution >= 0.6 is 15.9 Å². The summed E-state index contributed by atoms with van der Waals surface area (Å²) in [4.78, 5) is 4.61. The fourth-order valence-corrected chi connectivity index (χ4v) is 1.94. The van der Waals surface area contributed by atoms with E-state index in [9.17, 15) is 0 Å². The standard InChI is InChI=1S/C14H22BrN3/c1-6-7-16-14(17-18(4)5)12-8-10(2)13(15)11(3)9-12/h8-9H,6-7H2,1-5H3,(H,16,17). The Balaban J connectivity index is 3.13. The molecular formula is C14H22BrN3. The number of amidine groups is 1. The maximum absolute atomic E-state index is 4.61. The van der Waals surface area contributed by atoms with E-state index in [-0.39, 0.29) is 0 Å². The average molecular weight is 312 g/mol. The van der Waals surface area contributed by atoms with E-state index in [1.807, 2.05) is 19.1 Å². The van der Waals surface area contributed by atoms with Crippen LogP contribution in [0.5, 0.6) is 0 Å². The minimum absolute atomic E-state index is 0.838. The SMILES string of the molecule is CCCN=C(NN(C)C)c1cc(C)c(Br)c(C)c1. The predicted molar refractivity (Wildman–Crippen MR) is 82.1 cm³/mol. The summed E-state index contributed by atoms with van der Waals surface area (Å²) in [6, 6.07) is 4.31. The zero-order chi connectivity index (χ0) is 13.7. The molecule has 0 heterocycles. The summed E-state index contributed by atoms with van der Waals surface area (Å²) >= 11 is 3.60. The highest BCUT2D eigenvalue weighted by Gasteiger charge is 2.08. The third-order valence-corrected chi connectivity index (χ3v) is 3.78. The molecular weight excluding hydrogens is 290 g/mol. The predicted octanol–water partition coefficient (Wildman–Crippen LogP) is 3.29. The minimum Gasteiger partial charge on any atom is -0.303 e. The Labute approximate surface area is 118 Å². The van der Waals surface area contributed by atoms with E-state index in [1.165, 1.54) is 15.6 Å². The highest BCUT2D eigenvalue weighted by atomic mass is 79.9.